The average molecular weight is 507 g/mol. The highest BCUT2D eigenvalue weighted by molar-refractivity contribution is 9.10. The van der Waals surface area contributed by atoms with E-state index in [4.69, 9.17) is 0 Å². The summed E-state index contributed by atoms with van der Waals surface area (Å²) >= 11 is 3.37. The number of carboxylic acid groups (broad SMARTS) is 1. The molecule has 1 heterocycles. The molecule has 3 aromatic carbocycles. The molecule has 0 aliphatic carbocycles. The van der Waals surface area contributed by atoms with Crippen LogP contribution in [0.25, 0.3) is 21.9 Å². The number of Topliss-reactive ketones (excluding diaryl/α,β-unsaturated/α-hetero) is 1. The number of aromatic carboxylic acids is 1. The van der Waals surface area contributed by atoms with Crippen LogP contribution in [0.2, 0.25) is 0 Å². The molecule has 0 spiro atoms. The fourth-order valence-corrected chi connectivity index (χ4v) is 4.05. The first-order valence-electron chi connectivity index (χ1n) is 9.70. The molecule has 33 heavy (non-hydrogen) atoms. The first-order valence-corrected chi connectivity index (χ1v) is 10.5. The number of nitrogens with zero attached hydrogens (tertiary/aromatic N) is 2. The number of halogens is 1. The van der Waals surface area contributed by atoms with Gasteiger partial charge in [0.2, 0.25) is 0 Å². The van der Waals surface area contributed by atoms with Gasteiger partial charge in [0, 0.05) is 33.1 Å². The fourth-order valence-electron chi connectivity index (χ4n) is 3.69. The number of ketones is 1. The molecule has 1 N–H and O–H groups in total. The quantitative estimate of drug-likeness (QED) is 0.225. The molecule has 0 atom stereocenters. The maximum absolute atomic E-state index is 13.3. The molecule has 9 heteroatoms. The van der Waals surface area contributed by atoms with Gasteiger partial charge in [-0.3, -0.25) is 24.3 Å². The van der Waals surface area contributed by atoms with Crippen LogP contribution in [0.1, 0.15) is 20.8 Å². The van der Waals surface area contributed by atoms with E-state index in [-0.39, 0.29) is 22.3 Å². The summed E-state index contributed by atoms with van der Waals surface area (Å²) < 4.78 is 1.62. The second kappa shape index (κ2) is 8.79. The molecule has 1 aromatic heterocycles. The molecule has 4 rings (SSSR count). The number of carbonyl (C=O) groups is 2. The van der Waals surface area contributed by atoms with Crippen molar-refractivity contribution in [3.05, 3.63) is 109 Å². The maximum Gasteiger partial charge on any atom is 0.353 e. The van der Waals surface area contributed by atoms with Gasteiger partial charge >= 0.3 is 5.97 Å². The molecule has 0 saturated heterocycles. The number of nitro benzene ring substituents is 1. The van der Waals surface area contributed by atoms with Crippen molar-refractivity contribution in [2.24, 2.45) is 0 Å². The van der Waals surface area contributed by atoms with Gasteiger partial charge in [0.25, 0.3) is 11.2 Å². The average Bonchev–Trinajstić information content (AvgIpc) is 2.80. The molecule has 8 nitrogen and oxygen atoms in total. The smallest absolute Gasteiger partial charge is 0.353 e. The van der Waals surface area contributed by atoms with Crippen molar-refractivity contribution in [1.82, 2.24) is 4.57 Å². The third-order valence-corrected chi connectivity index (χ3v) is 5.69. The molecule has 0 amide bonds. The predicted octanol–water partition coefficient (Wildman–Crippen LogP) is 4.92. The monoisotopic (exact) mass is 506 g/mol. The Morgan fingerprint density at radius 2 is 1.64 bits per heavy atom. The first kappa shape index (κ1) is 22.1. The SMILES string of the molecule is O=C(Cn1c(C(=O)O)c(-c2ccccc2)c2cc(Br)ccc2c1=O)c1ccc([N+](=O)[O-])cc1. The summed E-state index contributed by atoms with van der Waals surface area (Å²) in [6.07, 6.45) is 0. The zero-order chi connectivity index (χ0) is 23.7. The van der Waals surface area contributed by atoms with E-state index in [1.54, 1.807) is 48.5 Å². The number of carbonyl (C=O) groups excluding carboxylic acids is 1. The van der Waals surface area contributed by atoms with Crippen molar-refractivity contribution in [1.29, 1.82) is 0 Å². The number of nitro groups is 1. The predicted molar refractivity (Wildman–Crippen MR) is 126 cm³/mol. The standard InChI is InChI=1S/C24H15BrN2O6/c25-16-8-11-18-19(12-16)21(15-4-2-1-3-5-15)22(24(30)31)26(23(18)29)13-20(28)14-6-9-17(10-7-14)27(32)33/h1-12H,13H2,(H,30,31). The Hall–Kier alpha value is -4.11. The molecule has 164 valence electrons. The molecule has 0 aliphatic rings. The lowest BCUT2D eigenvalue weighted by atomic mass is 9.96. The second-order valence-corrected chi connectivity index (χ2v) is 8.12. The van der Waals surface area contributed by atoms with E-state index in [9.17, 15) is 29.6 Å². The molecule has 0 fully saturated rings. The van der Waals surface area contributed by atoms with Crippen LogP contribution in [0.4, 0.5) is 5.69 Å². The highest BCUT2D eigenvalue weighted by Crippen LogP contribution is 2.32. The van der Waals surface area contributed by atoms with Crippen molar-refractivity contribution in [2.45, 2.75) is 6.54 Å². The van der Waals surface area contributed by atoms with E-state index in [2.05, 4.69) is 15.9 Å². The van der Waals surface area contributed by atoms with E-state index in [1.807, 2.05) is 0 Å². The fraction of sp³-hybridized carbons (Fsp3) is 0.0417. The van der Waals surface area contributed by atoms with Gasteiger partial charge < -0.3 is 5.11 Å². The third-order valence-electron chi connectivity index (χ3n) is 5.20. The third kappa shape index (κ3) is 4.18. The number of aromatic nitrogens is 1. The summed E-state index contributed by atoms with van der Waals surface area (Å²) in [4.78, 5) is 48.9. The summed E-state index contributed by atoms with van der Waals surface area (Å²) in [6, 6.07) is 18.6. The number of fused-ring (bicyclic) bond motifs is 1. The van der Waals surface area contributed by atoms with Crippen LogP contribution < -0.4 is 5.56 Å². The Labute approximate surface area is 195 Å². The zero-order valence-corrected chi connectivity index (χ0v) is 18.5. The number of pyridine rings is 1. The second-order valence-electron chi connectivity index (χ2n) is 7.20. The van der Waals surface area contributed by atoms with Crippen LogP contribution in [0.15, 0.2) is 82.1 Å². The van der Waals surface area contributed by atoms with Crippen molar-refractivity contribution >= 4 is 44.1 Å². The van der Waals surface area contributed by atoms with Crippen LogP contribution in [0.3, 0.4) is 0 Å². The normalized spacial score (nSPS) is 10.8. The molecule has 0 bridgehead atoms. The van der Waals surface area contributed by atoms with E-state index in [0.29, 0.717) is 21.0 Å². The topological polar surface area (TPSA) is 120 Å². The Bertz CT molecular complexity index is 1480. The summed E-state index contributed by atoms with van der Waals surface area (Å²) in [5.74, 6) is -1.91. The molecule has 0 saturated carbocycles. The van der Waals surface area contributed by atoms with Crippen LogP contribution in [0, 0.1) is 10.1 Å². The number of carboxylic acids is 1. The Morgan fingerprint density at radius 1 is 0.970 bits per heavy atom. The highest BCUT2D eigenvalue weighted by atomic mass is 79.9. The molecule has 0 radical (unpaired) electrons. The highest BCUT2D eigenvalue weighted by Gasteiger charge is 2.25. The minimum atomic E-state index is -1.36. The van der Waals surface area contributed by atoms with E-state index in [1.165, 1.54) is 24.3 Å². The van der Waals surface area contributed by atoms with Crippen LogP contribution in [-0.4, -0.2) is 26.3 Å². The van der Waals surface area contributed by atoms with Crippen molar-refractivity contribution in [3.8, 4) is 11.1 Å². The molecule has 4 aromatic rings. The van der Waals surface area contributed by atoms with Crippen molar-refractivity contribution in [2.75, 3.05) is 0 Å². The number of benzene rings is 3. The van der Waals surface area contributed by atoms with Gasteiger partial charge in [-0.1, -0.05) is 46.3 Å². The number of rotatable bonds is 6. The molecular weight excluding hydrogens is 492 g/mol. The van der Waals surface area contributed by atoms with Gasteiger partial charge in [-0.2, -0.15) is 0 Å². The minimum Gasteiger partial charge on any atom is -0.477 e. The van der Waals surface area contributed by atoms with Crippen molar-refractivity contribution in [3.63, 3.8) is 0 Å². The number of non-ortho nitro benzene ring substituents is 1. The number of hydrogen-bond acceptors (Lipinski definition) is 5. The van der Waals surface area contributed by atoms with Crippen LogP contribution >= 0.6 is 15.9 Å². The zero-order valence-electron chi connectivity index (χ0n) is 16.9. The van der Waals surface area contributed by atoms with Gasteiger partial charge in [-0.05, 0) is 41.3 Å². The van der Waals surface area contributed by atoms with Crippen LogP contribution in [-0.2, 0) is 6.54 Å². The Kier molecular flexibility index (Phi) is 5.89. The van der Waals surface area contributed by atoms with Gasteiger partial charge in [0.05, 0.1) is 11.5 Å². The van der Waals surface area contributed by atoms with E-state index < -0.39 is 28.8 Å². The largest absolute Gasteiger partial charge is 0.477 e. The lowest BCUT2D eigenvalue weighted by Crippen LogP contribution is -2.30. The van der Waals surface area contributed by atoms with Gasteiger partial charge in [-0.25, -0.2) is 4.79 Å². The maximum atomic E-state index is 13.3. The first-order chi connectivity index (χ1) is 15.8. The van der Waals surface area contributed by atoms with Gasteiger partial charge in [0.1, 0.15) is 5.69 Å². The summed E-state index contributed by atoms with van der Waals surface area (Å²) in [5.41, 5.74) is -0.0967. The van der Waals surface area contributed by atoms with E-state index in [0.717, 1.165) is 4.57 Å². The van der Waals surface area contributed by atoms with Gasteiger partial charge in [0.15, 0.2) is 5.78 Å². The summed E-state index contributed by atoms with van der Waals surface area (Å²) in [6.45, 7) is -0.538. The Morgan fingerprint density at radius 3 is 2.24 bits per heavy atom. The Balaban J connectivity index is 1.95. The number of hydrogen-bond donors (Lipinski definition) is 1. The van der Waals surface area contributed by atoms with Crippen LogP contribution in [0.5, 0.6) is 0 Å². The van der Waals surface area contributed by atoms with Crippen molar-refractivity contribution < 1.29 is 19.6 Å². The van der Waals surface area contributed by atoms with Gasteiger partial charge in [-0.15, -0.1) is 0 Å². The summed E-state index contributed by atoms with van der Waals surface area (Å²) in [7, 11) is 0. The van der Waals surface area contributed by atoms with E-state index >= 15 is 0 Å². The molecule has 0 unspecified atom stereocenters. The lowest BCUT2D eigenvalue weighted by Gasteiger charge is -2.17. The lowest BCUT2D eigenvalue weighted by molar-refractivity contribution is -0.384. The molecule has 0 aliphatic heterocycles. The summed E-state index contributed by atoms with van der Waals surface area (Å²) in [5, 5.41) is 21.7. The molecular formula is C24H15BrN2O6. The minimum absolute atomic E-state index is 0.126.